The van der Waals surface area contributed by atoms with E-state index in [0.29, 0.717) is 22.8 Å². The predicted molar refractivity (Wildman–Crippen MR) is 208 cm³/mol. The topological polar surface area (TPSA) is 83.8 Å². The van der Waals surface area contributed by atoms with E-state index >= 15 is 0 Å². The molecule has 2 heterocycles. The second kappa shape index (κ2) is 16.3. The maximum Gasteiger partial charge on any atom is 0.285 e. The second-order valence-electron chi connectivity index (χ2n) is 11.7. The zero-order chi connectivity index (χ0) is 35.7. The number of hydrogen-bond acceptors (Lipinski definition) is 4. The molecule has 1 N–H and O–H groups in total. The fourth-order valence-corrected chi connectivity index (χ4v) is 6.79. The van der Waals surface area contributed by atoms with E-state index in [0.717, 1.165) is 39.4 Å². The first-order chi connectivity index (χ1) is 24.9. The van der Waals surface area contributed by atoms with Gasteiger partial charge in [0.2, 0.25) is 5.91 Å². The number of thioether (sulfide) groups is 1. The van der Waals surface area contributed by atoms with Crippen LogP contribution in [-0.2, 0) is 20.9 Å². The summed E-state index contributed by atoms with van der Waals surface area (Å²) in [5, 5.41) is 4.77. The molecule has 0 spiro atoms. The van der Waals surface area contributed by atoms with Crippen LogP contribution in [0.5, 0.6) is 0 Å². The van der Waals surface area contributed by atoms with E-state index in [9.17, 15) is 14.4 Å². The number of nitrogens with zero attached hydrogens (tertiary/aromatic N) is 3. The van der Waals surface area contributed by atoms with Crippen LogP contribution in [0.2, 0.25) is 5.02 Å². The quantitative estimate of drug-likeness (QED) is 0.0845. The smallest absolute Gasteiger partial charge is 0.285 e. The Hall–Kier alpha value is -5.70. The Kier molecular flexibility index (Phi) is 11.3. The van der Waals surface area contributed by atoms with E-state index in [2.05, 4.69) is 21.5 Å². The minimum absolute atomic E-state index is 0.0779. The third-order valence-corrected chi connectivity index (χ3v) is 9.49. The first kappa shape index (κ1) is 35.1. The molecular formula is C42H35ClN4O3S. The molecule has 0 atom stereocenters. The van der Waals surface area contributed by atoms with Gasteiger partial charge in [0.1, 0.15) is 5.57 Å². The van der Waals surface area contributed by atoms with Crippen molar-refractivity contribution in [2.45, 2.75) is 19.5 Å². The fourth-order valence-electron chi connectivity index (χ4n) is 5.86. The predicted octanol–water partition coefficient (Wildman–Crippen LogP) is 8.74. The lowest BCUT2D eigenvalue weighted by atomic mass is 9.99. The summed E-state index contributed by atoms with van der Waals surface area (Å²) in [6.07, 6.45) is 10.3. The Morgan fingerprint density at radius 1 is 0.922 bits per heavy atom. The molecule has 7 nitrogen and oxygen atoms in total. The van der Waals surface area contributed by atoms with Crippen LogP contribution >= 0.6 is 23.4 Å². The molecule has 51 heavy (non-hydrogen) atoms. The number of rotatable bonds is 11. The standard InChI is InChI=1S/C42H35ClN4O3S/c1-3-5-18-34(4-2)47-41(50)36(25-32-27-46(37-20-13-12-19-35(32)37)26-29-21-23-33(43)24-22-29)40(49)45-42(47)51-28-38(48)44-39(30-14-8-6-9-15-30)31-16-10-7-11-17-31/h3-25,27,39H,1,26,28H2,2H3,(H,44,48)/b18-5-,34-4+,36-25+. The van der Waals surface area contributed by atoms with Gasteiger partial charge in [0.05, 0.1) is 11.8 Å². The van der Waals surface area contributed by atoms with Crippen molar-refractivity contribution >= 4 is 63.2 Å². The number of amides is 3. The van der Waals surface area contributed by atoms with Gasteiger partial charge in [-0.2, -0.15) is 4.99 Å². The largest absolute Gasteiger partial charge is 0.344 e. The molecule has 6 rings (SSSR count). The number of allylic oxidation sites excluding steroid dienone is 4. The van der Waals surface area contributed by atoms with E-state index in [1.54, 1.807) is 37.3 Å². The summed E-state index contributed by atoms with van der Waals surface area (Å²) in [5.41, 5.74) is 4.97. The highest BCUT2D eigenvalue weighted by molar-refractivity contribution is 8.14. The molecule has 1 aromatic heterocycles. The number of benzene rings is 4. The highest BCUT2D eigenvalue weighted by Gasteiger charge is 2.35. The summed E-state index contributed by atoms with van der Waals surface area (Å²) >= 11 is 7.14. The number of amidine groups is 1. The Bertz CT molecular complexity index is 2160. The van der Waals surface area contributed by atoms with Crippen LogP contribution in [-0.4, -0.2) is 38.1 Å². The van der Waals surface area contributed by atoms with Crippen LogP contribution in [0.1, 0.15) is 35.2 Å². The van der Waals surface area contributed by atoms with Gasteiger partial charge < -0.3 is 9.88 Å². The summed E-state index contributed by atoms with van der Waals surface area (Å²) in [5.74, 6) is -1.58. The molecular weight excluding hydrogens is 676 g/mol. The Labute approximate surface area is 306 Å². The van der Waals surface area contributed by atoms with E-state index in [1.807, 2.05) is 115 Å². The molecule has 0 fully saturated rings. The van der Waals surface area contributed by atoms with Gasteiger partial charge in [-0.05, 0) is 54.0 Å². The molecule has 5 aromatic rings. The lowest BCUT2D eigenvalue weighted by Crippen LogP contribution is -2.42. The molecule has 3 amide bonds. The van der Waals surface area contributed by atoms with Crippen molar-refractivity contribution in [1.82, 2.24) is 14.8 Å². The molecule has 4 aromatic carbocycles. The van der Waals surface area contributed by atoms with Crippen molar-refractivity contribution in [3.8, 4) is 0 Å². The SMILES string of the molecule is C=C/C=C\C(=C/C)N1C(=O)/C(=C/c2cn(Cc3ccc(Cl)cc3)c3ccccc23)C(=O)N=C1SCC(=O)NC(c1ccccc1)c1ccccc1. The number of carbonyl (C=O) groups is 3. The summed E-state index contributed by atoms with van der Waals surface area (Å²) < 4.78 is 2.08. The highest BCUT2D eigenvalue weighted by atomic mass is 35.5. The van der Waals surface area contributed by atoms with Gasteiger partial charge in [-0.15, -0.1) is 0 Å². The second-order valence-corrected chi connectivity index (χ2v) is 13.1. The summed E-state index contributed by atoms with van der Waals surface area (Å²) in [4.78, 5) is 47.2. The number of carbonyl (C=O) groups excluding carboxylic acids is 3. The van der Waals surface area contributed by atoms with Crippen molar-refractivity contribution in [2.24, 2.45) is 4.99 Å². The number of aliphatic imine (C=N–C) groups is 1. The molecule has 0 saturated carbocycles. The summed E-state index contributed by atoms with van der Waals surface area (Å²) in [6, 6.07) is 34.5. The van der Waals surface area contributed by atoms with Gasteiger partial charge in [0.25, 0.3) is 11.8 Å². The maximum atomic E-state index is 14.3. The molecule has 9 heteroatoms. The number of para-hydroxylation sites is 1. The van der Waals surface area contributed by atoms with Crippen LogP contribution in [0, 0.1) is 0 Å². The molecule has 0 radical (unpaired) electrons. The van der Waals surface area contributed by atoms with Crippen molar-refractivity contribution in [1.29, 1.82) is 0 Å². The molecule has 0 aliphatic carbocycles. The van der Waals surface area contributed by atoms with Gasteiger partial charge in [-0.3, -0.25) is 19.3 Å². The van der Waals surface area contributed by atoms with E-state index < -0.39 is 11.8 Å². The average Bonchev–Trinajstić information content (AvgIpc) is 3.50. The van der Waals surface area contributed by atoms with Gasteiger partial charge in [0.15, 0.2) is 5.17 Å². The van der Waals surface area contributed by atoms with Crippen LogP contribution in [0.3, 0.4) is 0 Å². The molecule has 1 aliphatic rings. The van der Waals surface area contributed by atoms with Crippen LogP contribution in [0.4, 0.5) is 0 Å². The third kappa shape index (κ3) is 8.20. The van der Waals surface area contributed by atoms with Crippen LogP contribution in [0.25, 0.3) is 17.0 Å². The van der Waals surface area contributed by atoms with E-state index in [-0.39, 0.29) is 28.4 Å². The Morgan fingerprint density at radius 3 is 2.22 bits per heavy atom. The van der Waals surface area contributed by atoms with Gasteiger partial charge in [-0.25, -0.2) is 0 Å². The zero-order valence-corrected chi connectivity index (χ0v) is 29.5. The number of hydrogen-bond donors (Lipinski definition) is 1. The number of nitrogens with one attached hydrogen (secondary N) is 1. The zero-order valence-electron chi connectivity index (χ0n) is 27.9. The lowest BCUT2D eigenvalue weighted by molar-refractivity contribution is -0.126. The molecule has 1 aliphatic heterocycles. The van der Waals surface area contributed by atoms with Crippen molar-refractivity contribution in [3.05, 3.63) is 185 Å². The van der Waals surface area contributed by atoms with Crippen molar-refractivity contribution < 1.29 is 14.4 Å². The average molecular weight is 711 g/mol. The summed E-state index contributed by atoms with van der Waals surface area (Å²) in [6.45, 7) is 6.12. The Balaban J connectivity index is 1.30. The molecule has 254 valence electrons. The van der Waals surface area contributed by atoms with Crippen molar-refractivity contribution in [3.63, 3.8) is 0 Å². The van der Waals surface area contributed by atoms with Gasteiger partial charge in [0, 0.05) is 39.9 Å². The van der Waals surface area contributed by atoms with Crippen LogP contribution < -0.4 is 5.32 Å². The van der Waals surface area contributed by atoms with E-state index in [1.165, 1.54) is 4.90 Å². The monoisotopic (exact) mass is 710 g/mol. The fraction of sp³-hybridized carbons (Fsp3) is 0.0952. The molecule has 0 saturated heterocycles. The first-order valence-electron chi connectivity index (χ1n) is 16.3. The lowest BCUT2D eigenvalue weighted by Gasteiger charge is -2.28. The maximum absolute atomic E-state index is 14.3. The summed E-state index contributed by atoms with van der Waals surface area (Å²) in [7, 11) is 0. The third-order valence-electron chi connectivity index (χ3n) is 8.30. The van der Waals surface area contributed by atoms with Gasteiger partial charge >= 0.3 is 0 Å². The van der Waals surface area contributed by atoms with Gasteiger partial charge in [-0.1, -0.05) is 139 Å². The minimum Gasteiger partial charge on any atom is -0.344 e. The van der Waals surface area contributed by atoms with Crippen molar-refractivity contribution in [2.75, 3.05) is 5.75 Å². The number of aromatic nitrogens is 1. The van der Waals surface area contributed by atoms with Crippen LogP contribution in [0.15, 0.2) is 163 Å². The number of fused-ring (bicyclic) bond motifs is 1. The molecule has 0 unspecified atom stereocenters. The Morgan fingerprint density at radius 2 is 1.57 bits per heavy atom. The number of halogens is 1. The van der Waals surface area contributed by atoms with E-state index in [4.69, 9.17) is 11.6 Å². The first-order valence-corrected chi connectivity index (χ1v) is 17.7. The highest BCUT2D eigenvalue weighted by Crippen LogP contribution is 2.30. The molecule has 0 bridgehead atoms. The minimum atomic E-state index is -0.678. The normalized spacial score (nSPS) is 14.5.